The molecule has 0 saturated carbocycles. The SMILES string of the molecule is CCn1cncc1COc1c(CO)cc(Cl)cc1OC. The Balaban J connectivity index is 2.24. The number of aliphatic hydroxyl groups is 1. The molecule has 2 rings (SSSR count). The van der Waals surface area contributed by atoms with Crippen molar-refractivity contribution in [2.24, 2.45) is 0 Å². The monoisotopic (exact) mass is 296 g/mol. The summed E-state index contributed by atoms with van der Waals surface area (Å²) < 4.78 is 13.0. The third-order valence-electron chi connectivity index (χ3n) is 2.99. The smallest absolute Gasteiger partial charge is 0.167 e. The number of hydrogen-bond donors (Lipinski definition) is 1. The molecule has 1 N–H and O–H groups in total. The summed E-state index contributed by atoms with van der Waals surface area (Å²) in [5.74, 6) is 1.01. The Hall–Kier alpha value is -1.72. The van der Waals surface area contributed by atoms with E-state index in [0.29, 0.717) is 28.7 Å². The quantitative estimate of drug-likeness (QED) is 0.890. The van der Waals surface area contributed by atoms with Gasteiger partial charge in [-0.1, -0.05) is 11.6 Å². The third-order valence-corrected chi connectivity index (χ3v) is 3.21. The number of halogens is 1. The average Bonchev–Trinajstić information content (AvgIpc) is 2.92. The van der Waals surface area contributed by atoms with Crippen molar-refractivity contribution in [3.8, 4) is 11.5 Å². The van der Waals surface area contributed by atoms with Gasteiger partial charge in [0.1, 0.15) is 6.61 Å². The molecule has 1 aromatic carbocycles. The molecule has 5 nitrogen and oxygen atoms in total. The molecule has 0 unspecified atom stereocenters. The molecule has 20 heavy (non-hydrogen) atoms. The minimum atomic E-state index is -0.167. The van der Waals surface area contributed by atoms with Gasteiger partial charge in [-0.2, -0.15) is 0 Å². The Morgan fingerprint density at radius 3 is 2.85 bits per heavy atom. The van der Waals surface area contributed by atoms with Gasteiger partial charge in [0.25, 0.3) is 0 Å². The van der Waals surface area contributed by atoms with E-state index >= 15 is 0 Å². The van der Waals surface area contributed by atoms with Crippen LogP contribution in [0.15, 0.2) is 24.7 Å². The molecular formula is C14H17ClN2O3. The molecule has 6 heteroatoms. The number of aromatic nitrogens is 2. The Morgan fingerprint density at radius 2 is 2.20 bits per heavy atom. The van der Waals surface area contributed by atoms with Crippen LogP contribution in [0.2, 0.25) is 5.02 Å². The van der Waals surface area contributed by atoms with Gasteiger partial charge in [-0.3, -0.25) is 0 Å². The van der Waals surface area contributed by atoms with Gasteiger partial charge >= 0.3 is 0 Å². The normalized spacial score (nSPS) is 10.6. The first-order chi connectivity index (χ1) is 9.69. The van der Waals surface area contributed by atoms with E-state index in [4.69, 9.17) is 21.1 Å². The summed E-state index contributed by atoms with van der Waals surface area (Å²) in [7, 11) is 1.54. The lowest BCUT2D eigenvalue weighted by molar-refractivity contribution is 0.246. The lowest BCUT2D eigenvalue weighted by atomic mass is 10.2. The maximum absolute atomic E-state index is 9.41. The minimum Gasteiger partial charge on any atom is -0.493 e. The van der Waals surface area contributed by atoms with Gasteiger partial charge in [0.15, 0.2) is 11.5 Å². The number of benzene rings is 1. The highest BCUT2D eigenvalue weighted by molar-refractivity contribution is 6.30. The first-order valence-electron chi connectivity index (χ1n) is 6.28. The maximum atomic E-state index is 9.41. The summed E-state index contributed by atoms with van der Waals surface area (Å²) in [6.45, 7) is 3.04. The molecule has 0 aliphatic heterocycles. The molecule has 1 aromatic heterocycles. The summed E-state index contributed by atoms with van der Waals surface area (Å²) in [5.41, 5.74) is 1.55. The Bertz CT molecular complexity index is 559. The van der Waals surface area contributed by atoms with Crippen LogP contribution in [-0.2, 0) is 19.8 Å². The first-order valence-corrected chi connectivity index (χ1v) is 6.66. The lowest BCUT2D eigenvalue weighted by Gasteiger charge is -2.15. The molecule has 0 atom stereocenters. The molecule has 0 aliphatic rings. The second kappa shape index (κ2) is 6.63. The molecule has 0 aliphatic carbocycles. The van der Waals surface area contributed by atoms with E-state index < -0.39 is 0 Å². The molecule has 0 fully saturated rings. The van der Waals surface area contributed by atoms with Crippen LogP contribution in [0, 0.1) is 0 Å². The van der Waals surface area contributed by atoms with Crippen molar-refractivity contribution in [2.75, 3.05) is 7.11 Å². The molecular weight excluding hydrogens is 280 g/mol. The highest BCUT2D eigenvalue weighted by atomic mass is 35.5. The molecule has 0 saturated heterocycles. The summed E-state index contributed by atoms with van der Waals surface area (Å²) >= 11 is 5.97. The van der Waals surface area contributed by atoms with Crippen LogP contribution >= 0.6 is 11.6 Å². The average molecular weight is 297 g/mol. The van der Waals surface area contributed by atoms with Crippen LogP contribution in [0.4, 0.5) is 0 Å². The molecule has 0 amide bonds. The van der Waals surface area contributed by atoms with E-state index in [1.54, 1.807) is 24.7 Å². The van der Waals surface area contributed by atoms with Gasteiger partial charge in [0.05, 0.1) is 31.9 Å². The van der Waals surface area contributed by atoms with Gasteiger partial charge in [0, 0.05) is 23.2 Å². The van der Waals surface area contributed by atoms with Crippen LogP contribution in [0.1, 0.15) is 18.2 Å². The second-order valence-electron chi connectivity index (χ2n) is 4.21. The number of nitrogens with zero attached hydrogens (tertiary/aromatic N) is 2. The molecule has 0 radical (unpaired) electrons. The zero-order valence-electron chi connectivity index (χ0n) is 11.5. The van der Waals surface area contributed by atoms with Crippen molar-refractivity contribution in [3.05, 3.63) is 40.9 Å². The summed E-state index contributed by atoms with van der Waals surface area (Å²) in [6, 6.07) is 3.32. The van der Waals surface area contributed by atoms with Gasteiger partial charge in [-0.05, 0) is 13.0 Å². The molecule has 0 bridgehead atoms. The van der Waals surface area contributed by atoms with Crippen molar-refractivity contribution in [3.63, 3.8) is 0 Å². The number of aryl methyl sites for hydroxylation is 1. The topological polar surface area (TPSA) is 56.5 Å². The highest BCUT2D eigenvalue weighted by Crippen LogP contribution is 2.35. The minimum absolute atomic E-state index is 0.167. The number of aliphatic hydroxyl groups excluding tert-OH is 1. The van der Waals surface area contributed by atoms with Crippen LogP contribution in [-0.4, -0.2) is 21.8 Å². The summed E-state index contributed by atoms with van der Waals surface area (Å²) in [4.78, 5) is 4.09. The van der Waals surface area contributed by atoms with E-state index in [-0.39, 0.29) is 6.61 Å². The van der Waals surface area contributed by atoms with Crippen molar-refractivity contribution in [1.29, 1.82) is 0 Å². The number of ether oxygens (including phenoxy) is 2. The number of imidazole rings is 1. The third kappa shape index (κ3) is 3.05. The van der Waals surface area contributed by atoms with Gasteiger partial charge in [-0.25, -0.2) is 4.98 Å². The fourth-order valence-electron chi connectivity index (χ4n) is 1.95. The summed E-state index contributed by atoms with van der Waals surface area (Å²) in [5, 5.41) is 9.91. The van der Waals surface area contributed by atoms with E-state index in [1.165, 1.54) is 7.11 Å². The van der Waals surface area contributed by atoms with Crippen molar-refractivity contribution < 1.29 is 14.6 Å². The van der Waals surface area contributed by atoms with E-state index in [1.807, 2.05) is 11.5 Å². The van der Waals surface area contributed by atoms with Gasteiger partial charge in [0.2, 0.25) is 0 Å². The second-order valence-corrected chi connectivity index (χ2v) is 4.65. The molecule has 1 heterocycles. The fraction of sp³-hybridized carbons (Fsp3) is 0.357. The Kier molecular flexibility index (Phi) is 4.87. The lowest BCUT2D eigenvalue weighted by Crippen LogP contribution is -2.06. The number of rotatable bonds is 6. The van der Waals surface area contributed by atoms with Crippen LogP contribution in [0.25, 0.3) is 0 Å². The van der Waals surface area contributed by atoms with Crippen LogP contribution in [0.5, 0.6) is 11.5 Å². The van der Waals surface area contributed by atoms with Crippen molar-refractivity contribution >= 4 is 11.6 Å². The van der Waals surface area contributed by atoms with Crippen molar-refractivity contribution in [2.45, 2.75) is 26.7 Å². The molecule has 2 aromatic rings. The zero-order chi connectivity index (χ0) is 14.5. The zero-order valence-corrected chi connectivity index (χ0v) is 12.2. The summed E-state index contributed by atoms with van der Waals surface area (Å²) in [6.07, 6.45) is 3.51. The van der Waals surface area contributed by atoms with E-state index in [9.17, 15) is 5.11 Å². The highest BCUT2D eigenvalue weighted by Gasteiger charge is 2.13. The first kappa shape index (κ1) is 14.7. The van der Waals surface area contributed by atoms with E-state index in [0.717, 1.165) is 12.2 Å². The van der Waals surface area contributed by atoms with E-state index in [2.05, 4.69) is 4.98 Å². The number of hydrogen-bond acceptors (Lipinski definition) is 4. The fourth-order valence-corrected chi connectivity index (χ4v) is 2.19. The predicted molar refractivity (Wildman–Crippen MR) is 76.2 cm³/mol. The van der Waals surface area contributed by atoms with Crippen LogP contribution < -0.4 is 9.47 Å². The molecule has 0 spiro atoms. The van der Waals surface area contributed by atoms with Crippen LogP contribution in [0.3, 0.4) is 0 Å². The number of methoxy groups -OCH3 is 1. The van der Waals surface area contributed by atoms with Crippen molar-refractivity contribution in [1.82, 2.24) is 9.55 Å². The largest absolute Gasteiger partial charge is 0.493 e. The predicted octanol–water partition coefficient (Wildman–Crippen LogP) is 2.64. The van der Waals surface area contributed by atoms with Gasteiger partial charge in [-0.15, -0.1) is 0 Å². The molecule has 108 valence electrons. The maximum Gasteiger partial charge on any atom is 0.167 e. The Morgan fingerprint density at radius 1 is 1.40 bits per heavy atom. The Labute approximate surface area is 122 Å². The van der Waals surface area contributed by atoms with Gasteiger partial charge < -0.3 is 19.1 Å². The standard InChI is InChI=1S/C14H17ClN2O3/c1-3-17-9-16-6-12(17)8-20-14-10(7-18)4-11(15)5-13(14)19-2/h4-6,9,18H,3,7-8H2,1-2H3.